The molecule has 2 atom stereocenters. The van der Waals surface area contributed by atoms with Gasteiger partial charge in [-0.1, -0.05) is 60.7 Å². The standard InChI is InChI=1S/C21H16O/c1-22-15-11-12-17-19(13-15)21(14-7-3-2-4-8-14)18-10-6-5-9-16(18)20(17)21/h2-13,20H,1H3/t20-,21+/m0/s1. The van der Waals surface area contributed by atoms with Crippen molar-refractivity contribution < 1.29 is 4.74 Å². The molecule has 0 N–H and O–H groups in total. The van der Waals surface area contributed by atoms with E-state index in [9.17, 15) is 0 Å². The van der Waals surface area contributed by atoms with Crippen molar-refractivity contribution in [2.24, 2.45) is 0 Å². The van der Waals surface area contributed by atoms with Gasteiger partial charge in [-0.25, -0.2) is 0 Å². The van der Waals surface area contributed by atoms with Crippen LogP contribution in [0.1, 0.15) is 33.7 Å². The average Bonchev–Trinajstić information content (AvgIpc) is 2.56. The highest BCUT2D eigenvalue weighted by Crippen LogP contribution is 2.70. The first kappa shape index (κ1) is 12.0. The predicted molar refractivity (Wildman–Crippen MR) is 87.6 cm³/mol. The van der Waals surface area contributed by atoms with E-state index in [4.69, 9.17) is 4.74 Å². The molecule has 2 aliphatic carbocycles. The lowest BCUT2D eigenvalue weighted by molar-refractivity contribution is 0.381. The van der Waals surface area contributed by atoms with Crippen LogP contribution in [0, 0.1) is 0 Å². The Bertz CT molecular complexity index is 881. The Morgan fingerprint density at radius 1 is 0.773 bits per heavy atom. The monoisotopic (exact) mass is 284 g/mol. The summed E-state index contributed by atoms with van der Waals surface area (Å²) in [6.07, 6.45) is 0. The van der Waals surface area contributed by atoms with Crippen LogP contribution in [0.4, 0.5) is 0 Å². The molecule has 0 unspecified atom stereocenters. The van der Waals surface area contributed by atoms with Crippen molar-refractivity contribution in [3.05, 3.63) is 101 Å². The minimum atomic E-state index is 0.0295. The van der Waals surface area contributed by atoms with Gasteiger partial charge in [0.05, 0.1) is 12.5 Å². The quantitative estimate of drug-likeness (QED) is 0.674. The van der Waals surface area contributed by atoms with Crippen molar-refractivity contribution in [3.63, 3.8) is 0 Å². The third-order valence-corrected chi connectivity index (χ3v) is 5.36. The van der Waals surface area contributed by atoms with E-state index in [0.29, 0.717) is 5.92 Å². The Labute approximate surface area is 130 Å². The molecule has 0 aromatic heterocycles. The number of hydrogen-bond acceptors (Lipinski definition) is 1. The molecule has 2 aliphatic rings. The maximum atomic E-state index is 5.46. The van der Waals surface area contributed by atoms with Gasteiger partial charge in [0.15, 0.2) is 0 Å². The second-order valence-corrected chi connectivity index (χ2v) is 6.15. The smallest absolute Gasteiger partial charge is 0.119 e. The number of benzene rings is 3. The Morgan fingerprint density at radius 3 is 2.32 bits per heavy atom. The van der Waals surface area contributed by atoms with Gasteiger partial charge in [-0.05, 0) is 39.9 Å². The number of rotatable bonds is 2. The highest BCUT2D eigenvalue weighted by molar-refractivity contribution is 5.77. The molecule has 3 aromatic rings. The molecule has 0 saturated heterocycles. The van der Waals surface area contributed by atoms with Gasteiger partial charge < -0.3 is 4.74 Å². The third kappa shape index (κ3) is 1.17. The summed E-state index contributed by atoms with van der Waals surface area (Å²) in [5.41, 5.74) is 7.20. The van der Waals surface area contributed by atoms with Gasteiger partial charge in [0.1, 0.15) is 5.75 Å². The summed E-state index contributed by atoms with van der Waals surface area (Å²) in [4.78, 5) is 0. The SMILES string of the molecule is COc1ccc2c(c1)[C@@]1(c3ccccc3)c3ccccc3[C@@H]21. The largest absolute Gasteiger partial charge is 0.497 e. The fourth-order valence-electron chi connectivity index (χ4n) is 4.48. The molecular formula is C21H16O. The van der Waals surface area contributed by atoms with Crippen LogP contribution in [0.2, 0.25) is 0 Å². The van der Waals surface area contributed by atoms with E-state index in [2.05, 4.69) is 72.8 Å². The van der Waals surface area contributed by atoms with Gasteiger partial charge in [-0.15, -0.1) is 0 Å². The van der Waals surface area contributed by atoms with Crippen LogP contribution in [-0.4, -0.2) is 7.11 Å². The van der Waals surface area contributed by atoms with Crippen LogP contribution >= 0.6 is 0 Å². The number of methoxy groups -OCH3 is 1. The molecule has 0 aliphatic heterocycles. The molecule has 22 heavy (non-hydrogen) atoms. The molecular weight excluding hydrogens is 268 g/mol. The fourth-order valence-corrected chi connectivity index (χ4v) is 4.48. The molecule has 0 spiro atoms. The lowest BCUT2D eigenvalue weighted by Crippen LogP contribution is -2.54. The van der Waals surface area contributed by atoms with Crippen LogP contribution in [0.5, 0.6) is 5.75 Å². The second-order valence-electron chi connectivity index (χ2n) is 6.15. The van der Waals surface area contributed by atoms with E-state index in [-0.39, 0.29) is 5.41 Å². The Balaban J connectivity index is 1.82. The molecule has 3 aromatic carbocycles. The van der Waals surface area contributed by atoms with Gasteiger partial charge in [0, 0.05) is 5.92 Å². The molecule has 0 radical (unpaired) electrons. The first-order valence-corrected chi connectivity index (χ1v) is 7.70. The van der Waals surface area contributed by atoms with Gasteiger partial charge in [-0.3, -0.25) is 0 Å². The van der Waals surface area contributed by atoms with Crippen molar-refractivity contribution in [3.8, 4) is 5.75 Å². The summed E-state index contributed by atoms with van der Waals surface area (Å²) in [5, 5.41) is 0. The summed E-state index contributed by atoms with van der Waals surface area (Å²) in [6.45, 7) is 0. The second kappa shape index (κ2) is 4.01. The molecule has 0 fully saturated rings. The van der Waals surface area contributed by atoms with Gasteiger partial charge in [-0.2, -0.15) is 0 Å². The highest BCUT2D eigenvalue weighted by Gasteiger charge is 2.62. The van der Waals surface area contributed by atoms with Gasteiger partial charge in [0.2, 0.25) is 0 Å². The Kier molecular flexibility index (Phi) is 2.20. The van der Waals surface area contributed by atoms with Gasteiger partial charge >= 0.3 is 0 Å². The molecule has 1 heteroatoms. The Morgan fingerprint density at radius 2 is 1.50 bits per heavy atom. The first-order valence-electron chi connectivity index (χ1n) is 7.70. The van der Waals surface area contributed by atoms with Crippen LogP contribution in [-0.2, 0) is 5.41 Å². The minimum absolute atomic E-state index is 0.0295. The highest BCUT2D eigenvalue weighted by atomic mass is 16.5. The molecule has 0 heterocycles. The van der Waals surface area contributed by atoms with Crippen LogP contribution in [0.25, 0.3) is 0 Å². The Hall–Kier alpha value is -2.54. The number of hydrogen-bond donors (Lipinski definition) is 0. The summed E-state index contributed by atoms with van der Waals surface area (Å²) in [5.74, 6) is 1.43. The van der Waals surface area contributed by atoms with Crippen molar-refractivity contribution in [2.75, 3.05) is 7.11 Å². The summed E-state index contributed by atoms with van der Waals surface area (Å²) >= 11 is 0. The zero-order chi connectivity index (χ0) is 14.7. The fraction of sp³-hybridized carbons (Fsp3) is 0.143. The molecule has 0 amide bonds. The predicted octanol–water partition coefficient (Wildman–Crippen LogP) is 4.49. The summed E-state index contributed by atoms with van der Waals surface area (Å²) in [6, 6.07) is 26.3. The van der Waals surface area contributed by atoms with Crippen molar-refractivity contribution in [1.82, 2.24) is 0 Å². The van der Waals surface area contributed by atoms with Crippen molar-refractivity contribution >= 4 is 0 Å². The normalized spacial score (nSPS) is 23.4. The summed E-state index contributed by atoms with van der Waals surface area (Å²) in [7, 11) is 1.74. The lowest BCUT2D eigenvalue weighted by atomic mass is 9.40. The zero-order valence-electron chi connectivity index (χ0n) is 12.4. The van der Waals surface area contributed by atoms with E-state index in [0.717, 1.165) is 5.75 Å². The molecule has 5 rings (SSSR count). The van der Waals surface area contributed by atoms with E-state index in [1.165, 1.54) is 27.8 Å². The van der Waals surface area contributed by atoms with E-state index >= 15 is 0 Å². The van der Waals surface area contributed by atoms with Crippen molar-refractivity contribution in [2.45, 2.75) is 11.3 Å². The van der Waals surface area contributed by atoms with Crippen LogP contribution in [0.3, 0.4) is 0 Å². The van der Waals surface area contributed by atoms with Crippen LogP contribution < -0.4 is 4.74 Å². The van der Waals surface area contributed by atoms with E-state index in [1.54, 1.807) is 7.11 Å². The van der Waals surface area contributed by atoms with E-state index in [1.807, 2.05) is 0 Å². The number of fused-ring (bicyclic) bond motifs is 7. The average molecular weight is 284 g/mol. The van der Waals surface area contributed by atoms with Gasteiger partial charge in [0.25, 0.3) is 0 Å². The topological polar surface area (TPSA) is 9.23 Å². The van der Waals surface area contributed by atoms with Crippen molar-refractivity contribution in [1.29, 1.82) is 0 Å². The number of ether oxygens (including phenoxy) is 1. The lowest BCUT2D eigenvalue weighted by Gasteiger charge is -2.61. The van der Waals surface area contributed by atoms with Crippen LogP contribution in [0.15, 0.2) is 72.8 Å². The maximum absolute atomic E-state index is 5.46. The molecule has 0 bridgehead atoms. The molecule has 0 saturated carbocycles. The molecule has 106 valence electrons. The maximum Gasteiger partial charge on any atom is 0.119 e. The molecule has 1 nitrogen and oxygen atoms in total. The third-order valence-electron chi connectivity index (χ3n) is 5.36. The van der Waals surface area contributed by atoms with E-state index < -0.39 is 0 Å². The first-order chi connectivity index (χ1) is 10.9. The summed E-state index contributed by atoms with van der Waals surface area (Å²) < 4.78 is 5.46. The minimum Gasteiger partial charge on any atom is -0.497 e. The zero-order valence-corrected chi connectivity index (χ0v) is 12.4.